The highest BCUT2D eigenvalue weighted by Crippen LogP contribution is 2.37. The molecule has 3 nitrogen and oxygen atoms in total. The van der Waals surface area contributed by atoms with E-state index in [-0.39, 0.29) is 29.0 Å². The summed E-state index contributed by atoms with van der Waals surface area (Å²) in [6, 6.07) is 13.5. The summed E-state index contributed by atoms with van der Waals surface area (Å²) in [4.78, 5) is 12.6. The predicted molar refractivity (Wildman–Crippen MR) is 110 cm³/mol. The lowest BCUT2D eigenvalue weighted by Crippen LogP contribution is -2.43. The maximum atomic E-state index is 12.6. The average molecular weight is 386 g/mol. The zero-order valence-electron chi connectivity index (χ0n) is 16.3. The van der Waals surface area contributed by atoms with Crippen LogP contribution in [-0.4, -0.2) is 17.1 Å². The maximum absolute atomic E-state index is 12.6. The Morgan fingerprint density at radius 1 is 1.19 bits per heavy atom. The van der Waals surface area contributed by atoms with Crippen molar-refractivity contribution >= 4 is 17.5 Å². The fraction of sp³-hybridized carbons (Fsp3) is 0.435. The van der Waals surface area contributed by atoms with Crippen molar-refractivity contribution in [3.05, 3.63) is 64.2 Å². The van der Waals surface area contributed by atoms with E-state index in [0.29, 0.717) is 6.42 Å². The number of phenols is 1. The van der Waals surface area contributed by atoms with Crippen molar-refractivity contribution in [1.29, 1.82) is 0 Å². The highest BCUT2D eigenvalue weighted by molar-refractivity contribution is 6.30. The Kier molecular flexibility index (Phi) is 5.81. The molecule has 2 aromatic carbocycles. The van der Waals surface area contributed by atoms with Gasteiger partial charge in [-0.3, -0.25) is 4.79 Å². The molecule has 0 heterocycles. The van der Waals surface area contributed by atoms with Crippen molar-refractivity contribution in [2.75, 3.05) is 0 Å². The van der Waals surface area contributed by atoms with Crippen LogP contribution in [-0.2, 0) is 17.6 Å². The number of hydrogen-bond donors (Lipinski definition) is 2. The lowest BCUT2D eigenvalue weighted by Gasteiger charge is -2.35. The Labute approximate surface area is 166 Å². The first-order valence-electron chi connectivity index (χ1n) is 9.57. The molecule has 0 bridgehead atoms. The zero-order chi connectivity index (χ0) is 19.6. The summed E-state index contributed by atoms with van der Waals surface area (Å²) in [6.07, 6.45) is 3.12. The standard InChI is InChI=1S/C23H28ClNO2/c1-23(2,3)14-22(27)25-21-11-7-16-6-10-18(26)13-19(16)20(21)12-15-4-8-17(24)9-5-15/h4-6,8-10,13,20-21,26H,7,11-12,14H2,1-3H3,(H,25,27). The number of nitrogens with one attached hydrogen (secondary N) is 1. The lowest BCUT2D eigenvalue weighted by molar-refractivity contribution is -0.123. The molecule has 0 aliphatic heterocycles. The largest absolute Gasteiger partial charge is 0.508 e. The number of benzene rings is 2. The number of aromatic hydroxyl groups is 1. The minimum absolute atomic E-state index is 0.0411. The van der Waals surface area contributed by atoms with Gasteiger partial charge in [0.2, 0.25) is 5.91 Å². The van der Waals surface area contributed by atoms with E-state index in [0.717, 1.165) is 29.8 Å². The number of phenolic OH excluding ortho intramolecular Hbond substituents is 1. The molecule has 2 atom stereocenters. The lowest BCUT2D eigenvalue weighted by atomic mass is 9.76. The molecule has 0 saturated carbocycles. The second-order valence-electron chi connectivity index (χ2n) is 8.77. The van der Waals surface area contributed by atoms with E-state index in [9.17, 15) is 9.90 Å². The molecule has 2 N–H and O–H groups in total. The molecule has 4 heteroatoms. The molecule has 1 aliphatic rings. The summed E-state index contributed by atoms with van der Waals surface area (Å²) in [5, 5.41) is 14.0. The van der Waals surface area contributed by atoms with E-state index < -0.39 is 0 Å². The number of hydrogen-bond acceptors (Lipinski definition) is 2. The molecule has 144 valence electrons. The van der Waals surface area contributed by atoms with Crippen molar-refractivity contribution in [2.24, 2.45) is 5.41 Å². The van der Waals surface area contributed by atoms with Crippen LogP contribution >= 0.6 is 11.6 Å². The zero-order valence-corrected chi connectivity index (χ0v) is 17.0. The van der Waals surface area contributed by atoms with Crippen LogP contribution in [0.25, 0.3) is 0 Å². The first-order chi connectivity index (χ1) is 12.7. The van der Waals surface area contributed by atoms with Gasteiger partial charge < -0.3 is 10.4 Å². The van der Waals surface area contributed by atoms with Gasteiger partial charge in [-0.1, -0.05) is 50.6 Å². The average Bonchev–Trinajstić information content (AvgIpc) is 2.57. The summed E-state index contributed by atoms with van der Waals surface area (Å²) < 4.78 is 0. The van der Waals surface area contributed by atoms with Gasteiger partial charge in [-0.05, 0) is 65.6 Å². The van der Waals surface area contributed by atoms with Crippen molar-refractivity contribution in [2.45, 2.75) is 58.4 Å². The Balaban J connectivity index is 1.87. The fourth-order valence-electron chi connectivity index (χ4n) is 3.92. The molecule has 1 amide bonds. The molecule has 0 fully saturated rings. The van der Waals surface area contributed by atoms with Gasteiger partial charge in [0.05, 0.1) is 0 Å². The van der Waals surface area contributed by atoms with E-state index in [1.807, 2.05) is 36.4 Å². The molecular formula is C23H28ClNO2. The fourth-order valence-corrected chi connectivity index (χ4v) is 4.05. The molecule has 3 rings (SSSR count). The van der Waals surface area contributed by atoms with Crippen LogP contribution in [0.3, 0.4) is 0 Å². The Morgan fingerprint density at radius 2 is 1.89 bits per heavy atom. The third-order valence-corrected chi connectivity index (χ3v) is 5.40. The van der Waals surface area contributed by atoms with E-state index in [2.05, 4.69) is 26.1 Å². The molecule has 0 saturated heterocycles. The van der Waals surface area contributed by atoms with Crippen molar-refractivity contribution < 1.29 is 9.90 Å². The van der Waals surface area contributed by atoms with Gasteiger partial charge in [0.15, 0.2) is 0 Å². The number of halogens is 1. The van der Waals surface area contributed by atoms with Crippen molar-refractivity contribution in [3.63, 3.8) is 0 Å². The Morgan fingerprint density at radius 3 is 2.56 bits per heavy atom. The second-order valence-corrected chi connectivity index (χ2v) is 9.21. The summed E-state index contributed by atoms with van der Waals surface area (Å²) >= 11 is 6.03. The third-order valence-electron chi connectivity index (χ3n) is 5.15. The van der Waals surface area contributed by atoms with Crippen LogP contribution in [0.15, 0.2) is 42.5 Å². The second kappa shape index (κ2) is 7.93. The van der Waals surface area contributed by atoms with Gasteiger partial charge in [0.25, 0.3) is 0 Å². The first kappa shape index (κ1) is 19.8. The molecular weight excluding hydrogens is 358 g/mol. The minimum Gasteiger partial charge on any atom is -0.508 e. The smallest absolute Gasteiger partial charge is 0.220 e. The summed E-state index contributed by atoms with van der Waals surface area (Å²) in [5.41, 5.74) is 3.53. The van der Waals surface area contributed by atoms with Gasteiger partial charge in [-0.25, -0.2) is 0 Å². The normalized spacial score (nSPS) is 19.4. The molecule has 0 aromatic heterocycles. The number of fused-ring (bicyclic) bond motifs is 1. The summed E-state index contributed by atoms with van der Waals surface area (Å²) in [7, 11) is 0. The third kappa shape index (κ3) is 5.26. The number of aryl methyl sites for hydroxylation is 1. The van der Waals surface area contributed by atoms with Crippen molar-refractivity contribution in [1.82, 2.24) is 5.32 Å². The summed E-state index contributed by atoms with van der Waals surface area (Å²) in [5.74, 6) is 0.500. The Bertz CT molecular complexity index is 808. The molecule has 0 radical (unpaired) electrons. The monoisotopic (exact) mass is 385 g/mol. The van der Waals surface area contributed by atoms with E-state index >= 15 is 0 Å². The summed E-state index contributed by atoms with van der Waals surface area (Å²) in [6.45, 7) is 6.23. The van der Waals surface area contributed by atoms with E-state index in [1.54, 1.807) is 6.07 Å². The molecule has 2 aromatic rings. The van der Waals surface area contributed by atoms with E-state index in [4.69, 9.17) is 11.6 Å². The van der Waals surface area contributed by atoms with Gasteiger partial charge in [-0.15, -0.1) is 0 Å². The maximum Gasteiger partial charge on any atom is 0.220 e. The number of rotatable bonds is 4. The molecule has 1 aliphatic carbocycles. The molecule has 2 unspecified atom stereocenters. The van der Waals surface area contributed by atoms with Crippen LogP contribution in [0.2, 0.25) is 5.02 Å². The topological polar surface area (TPSA) is 49.3 Å². The Hall–Kier alpha value is -2.00. The van der Waals surface area contributed by atoms with Gasteiger partial charge in [0, 0.05) is 23.4 Å². The predicted octanol–water partition coefficient (Wildman–Crippen LogP) is 5.24. The molecule has 27 heavy (non-hydrogen) atoms. The van der Waals surface area contributed by atoms with Gasteiger partial charge in [0.1, 0.15) is 5.75 Å². The number of amides is 1. The number of carbonyl (C=O) groups excluding carboxylic acids is 1. The highest BCUT2D eigenvalue weighted by Gasteiger charge is 2.31. The van der Waals surface area contributed by atoms with Crippen molar-refractivity contribution in [3.8, 4) is 5.75 Å². The SMILES string of the molecule is CC(C)(C)CC(=O)NC1CCc2ccc(O)cc2C1Cc1ccc(Cl)cc1. The first-order valence-corrected chi connectivity index (χ1v) is 9.95. The van der Waals surface area contributed by atoms with Crippen LogP contribution in [0, 0.1) is 5.41 Å². The number of carbonyl (C=O) groups is 1. The highest BCUT2D eigenvalue weighted by atomic mass is 35.5. The molecule has 0 spiro atoms. The van der Waals surface area contributed by atoms with Crippen LogP contribution in [0.5, 0.6) is 5.75 Å². The van der Waals surface area contributed by atoms with Gasteiger partial charge in [-0.2, -0.15) is 0 Å². The van der Waals surface area contributed by atoms with Crippen LogP contribution in [0.4, 0.5) is 0 Å². The van der Waals surface area contributed by atoms with Crippen LogP contribution in [0.1, 0.15) is 56.2 Å². The van der Waals surface area contributed by atoms with E-state index in [1.165, 1.54) is 11.1 Å². The van der Waals surface area contributed by atoms with Crippen LogP contribution < -0.4 is 5.32 Å². The quantitative estimate of drug-likeness (QED) is 0.756. The van der Waals surface area contributed by atoms with Gasteiger partial charge >= 0.3 is 0 Å². The minimum atomic E-state index is -0.0411.